The van der Waals surface area contributed by atoms with Gasteiger partial charge in [0.15, 0.2) is 0 Å². The van der Waals surface area contributed by atoms with Gasteiger partial charge in [0.1, 0.15) is 17.3 Å². The van der Waals surface area contributed by atoms with Crippen LogP contribution in [0, 0.1) is 19.7 Å². The molecular formula is C28H26FNO4. The van der Waals surface area contributed by atoms with Crippen molar-refractivity contribution >= 4 is 23.1 Å². The Hall–Kier alpha value is -3.93. The summed E-state index contributed by atoms with van der Waals surface area (Å²) in [6.45, 7) is 6.21. The van der Waals surface area contributed by atoms with Crippen molar-refractivity contribution in [3.63, 3.8) is 0 Å². The number of aliphatic hydroxyl groups excluding tert-OH is 1. The third-order valence-electron chi connectivity index (χ3n) is 5.93. The second kappa shape index (κ2) is 9.51. The highest BCUT2D eigenvalue weighted by atomic mass is 19.1. The minimum absolute atomic E-state index is 0.131. The molecule has 1 aliphatic heterocycles. The lowest BCUT2D eigenvalue weighted by molar-refractivity contribution is -0.132. The van der Waals surface area contributed by atoms with Crippen LogP contribution in [0.1, 0.15) is 41.6 Å². The van der Waals surface area contributed by atoms with Crippen molar-refractivity contribution in [3.05, 3.63) is 100 Å². The Morgan fingerprint density at radius 1 is 1.00 bits per heavy atom. The molecule has 3 aromatic carbocycles. The van der Waals surface area contributed by atoms with E-state index in [1.807, 2.05) is 32.9 Å². The smallest absolute Gasteiger partial charge is 0.300 e. The third-order valence-corrected chi connectivity index (χ3v) is 5.93. The number of carbonyl (C=O) groups excluding carboxylic acids is 2. The summed E-state index contributed by atoms with van der Waals surface area (Å²) in [5, 5.41) is 11.3. The van der Waals surface area contributed by atoms with Crippen molar-refractivity contribution in [1.82, 2.24) is 0 Å². The van der Waals surface area contributed by atoms with E-state index in [1.165, 1.54) is 23.1 Å². The zero-order chi connectivity index (χ0) is 24.4. The maximum absolute atomic E-state index is 15.0. The molecule has 1 saturated heterocycles. The molecule has 6 heteroatoms. The second-order valence-corrected chi connectivity index (χ2v) is 8.31. The summed E-state index contributed by atoms with van der Waals surface area (Å²) >= 11 is 0. The molecule has 0 aliphatic carbocycles. The largest absolute Gasteiger partial charge is 0.507 e. The molecule has 0 aromatic heterocycles. The number of hydrogen-bond donors (Lipinski definition) is 1. The topological polar surface area (TPSA) is 66.8 Å². The van der Waals surface area contributed by atoms with Gasteiger partial charge in [-0.05, 0) is 61.7 Å². The second-order valence-electron chi connectivity index (χ2n) is 8.31. The summed E-state index contributed by atoms with van der Waals surface area (Å²) < 4.78 is 20.7. The number of hydrogen-bond acceptors (Lipinski definition) is 4. The van der Waals surface area contributed by atoms with Crippen molar-refractivity contribution in [3.8, 4) is 5.75 Å². The Morgan fingerprint density at radius 3 is 2.38 bits per heavy atom. The Morgan fingerprint density at radius 2 is 1.71 bits per heavy atom. The predicted octanol–water partition coefficient (Wildman–Crippen LogP) is 5.86. The molecule has 0 saturated carbocycles. The first-order chi connectivity index (χ1) is 16.3. The monoisotopic (exact) mass is 459 g/mol. The van der Waals surface area contributed by atoms with E-state index in [1.54, 1.807) is 36.4 Å². The van der Waals surface area contributed by atoms with Crippen LogP contribution < -0.4 is 9.64 Å². The molecule has 1 amide bonds. The fraction of sp³-hybridized carbons (Fsp3) is 0.214. The van der Waals surface area contributed by atoms with E-state index in [2.05, 4.69) is 0 Å². The Kier molecular flexibility index (Phi) is 6.50. The van der Waals surface area contributed by atoms with Gasteiger partial charge in [0.2, 0.25) is 0 Å². The first kappa shape index (κ1) is 23.2. The highest BCUT2D eigenvalue weighted by Gasteiger charge is 2.48. The van der Waals surface area contributed by atoms with Gasteiger partial charge in [-0.1, -0.05) is 43.3 Å². The normalized spacial score (nSPS) is 17.3. The van der Waals surface area contributed by atoms with Gasteiger partial charge in [-0.3, -0.25) is 14.5 Å². The summed E-state index contributed by atoms with van der Waals surface area (Å²) in [6, 6.07) is 17.0. The molecule has 0 bridgehead atoms. The molecule has 34 heavy (non-hydrogen) atoms. The Balaban J connectivity index is 1.91. The van der Waals surface area contributed by atoms with Gasteiger partial charge in [-0.25, -0.2) is 4.39 Å². The van der Waals surface area contributed by atoms with E-state index in [9.17, 15) is 19.1 Å². The molecule has 1 aliphatic rings. The average Bonchev–Trinajstić information content (AvgIpc) is 3.08. The number of carbonyl (C=O) groups is 2. The number of nitrogens with zero attached hydrogens (tertiary/aromatic N) is 1. The van der Waals surface area contributed by atoms with Crippen molar-refractivity contribution in [2.75, 3.05) is 11.5 Å². The first-order valence-corrected chi connectivity index (χ1v) is 11.2. The summed E-state index contributed by atoms with van der Waals surface area (Å²) in [5.41, 5.74) is 2.33. The summed E-state index contributed by atoms with van der Waals surface area (Å²) in [7, 11) is 0. The van der Waals surface area contributed by atoms with Crippen LogP contribution in [-0.2, 0) is 9.59 Å². The van der Waals surface area contributed by atoms with Crippen molar-refractivity contribution in [2.24, 2.45) is 0 Å². The van der Waals surface area contributed by atoms with Crippen LogP contribution in [0.4, 0.5) is 10.1 Å². The fourth-order valence-corrected chi connectivity index (χ4v) is 4.23. The summed E-state index contributed by atoms with van der Waals surface area (Å²) in [6.07, 6.45) is 0.853. The van der Waals surface area contributed by atoms with E-state index in [4.69, 9.17) is 4.74 Å². The minimum atomic E-state index is -1.11. The number of Topliss-reactive ketones (excluding diaryl/α,β-unsaturated/α-hetero) is 1. The lowest BCUT2D eigenvalue weighted by atomic mass is 9.94. The number of halogens is 1. The van der Waals surface area contributed by atoms with Crippen molar-refractivity contribution in [1.29, 1.82) is 0 Å². The molecule has 0 spiro atoms. The van der Waals surface area contributed by atoms with Gasteiger partial charge in [-0.15, -0.1) is 0 Å². The van der Waals surface area contributed by atoms with E-state index in [0.717, 1.165) is 17.5 Å². The average molecular weight is 460 g/mol. The Labute approximate surface area is 198 Å². The van der Waals surface area contributed by atoms with Gasteiger partial charge in [0.25, 0.3) is 11.7 Å². The van der Waals surface area contributed by atoms with Gasteiger partial charge in [0, 0.05) is 16.8 Å². The molecule has 1 fully saturated rings. The van der Waals surface area contributed by atoms with Crippen LogP contribution in [0.2, 0.25) is 0 Å². The maximum atomic E-state index is 15.0. The number of aryl methyl sites for hydroxylation is 2. The van der Waals surface area contributed by atoms with Crippen molar-refractivity contribution < 1.29 is 23.8 Å². The van der Waals surface area contributed by atoms with Gasteiger partial charge < -0.3 is 9.84 Å². The van der Waals surface area contributed by atoms with Crippen LogP contribution in [0.5, 0.6) is 5.75 Å². The highest BCUT2D eigenvalue weighted by molar-refractivity contribution is 6.51. The number of ketones is 1. The molecule has 1 unspecified atom stereocenters. The van der Waals surface area contributed by atoms with E-state index in [0.29, 0.717) is 23.6 Å². The quantitative estimate of drug-likeness (QED) is 0.285. The van der Waals surface area contributed by atoms with E-state index in [-0.39, 0.29) is 16.9 Å². The van der Waals surface area contributed by atoms with Crippen LogP contribution in [0.3, 0.4) is 0 Å². The van der Waals surface area contributed by atoms with Gasteiger partial charge >= 0.3 is 0 Å². The van der Waals surface area contributed by atoms with E-state index < -0.39 is 23.5 Å². The lowest BCUT2D eigenvalue weighted by Gasteiger charge is -2.27. The highest BCUT2D eigenvalue weighted by Crippen LogP contribution is 2.43. The van der Waals surface area contributed by atoms with Crippen LogP contribution >= 0.6 is 0 Å². The first-order valence-electron chi connectivity index (χ1n) is 11.2. The van der Waals surface area contributed by atoms with E-state index >= 15 is 0 Å². The predicted molar refractivity (Wildman–Crippen MR) is 129 cm³/mol. The molecule has 3 aromatic rings. The minimum Gasteiger partial charge on any atom is -0.507 e. The number of benzene rings is 3. The lowest BCUT2D eigenvalue weighted by Crippen LogP contribution is -2.30. The SMILES string of the molecule is CCCOc1ccc(/C(O)=C2\C(=O)C(=O)N(c3ccccc3C)C2c2ccccc2F)cc1C. The Bertz CT molecular complexity index is 1300. The third kappa shape index (κ3) is 4.07. The molecule has 174 valence electrons. The molecule has 5 nitrogen and oxygen atoms in total. The van der Waals surface area contributed by atoms with Crippen molar-refractivity contribution in [2.45, 2.75) is 33.2 Å². The van der Waals surface area contributed by atoms with Gasteiger partial charge in [0.05, 0.1) is 18.2 Å². The fourth-order valence-electron chi connectivity index (χ4n) is 4.23. The number of ether oxygens (including phenoxy) is 1. The van der Waals surface area contributed by atoms with Crippen LogP contribution in [0.25, 0.3) is 5.76 Å². The molecule has 1 heterocycles. The molecular weight excluding hydrogens is 433 g/mol. The molecule has 1 N–H and O–H groups in total. The standard InChI is InChI=1S/C28H26FNO4/c1-4-15-34-23-14-13-19(16-18(23)3)26(31)24-25(20-10-6-7-11-21(20)29)30(28(33)27(24)32)22-12-8-5-9-17(22)2/h5-14,16,25,31H,4,15H2,1-3H3/b26-24+. The number of amides is 1. The van der Waals surface area contributed by atoms with Crippen LogP contribution in [0.15, 0.2) is 72.3 Å². The molecule has 0 radical (unpaired) electrons. The maximum Gasteiger partial charge on any atom is 0.300 e. The zero-order valence-corrected chi connectivity index (χ0v) is 19.3. The number of aliphatic hydroxyl groups is 1. The van der Waals surface area contributed by atoms with Gasteiger partial charge in [-0.2, -0.15) is 0 Å². The van der Waals surface area contributed by atoms with Crippen LogP contribution in [-0.4, -0.2) is 23.4 Å². The zero-order valence-electron chi connectivity index (χ0n) is 19.3. The molecule has 4 rings (SSSR count). The number of para-hydroxylation sites is 1. The molecule has 1 atom stereocenters. The number of rotatable bonds is 6. The number of anilines is 1. The summed E-state index contributed by atoms with van der Waals surface area (Å²) in [4.78, 5) is 27.7. The summed E-state index contributed by atoms with van der Waals surface area (Å²) in [5.74, 6) is -1.93.